The van der Waals surface area contributed by atoms with Gasteiger partial charge in [0.15, 0.2) is 5.16 Å². The lowest BCUT2D eigenvalue weighted by Gasteiger charge is -2.08. The second kappa shape index (κ2) is 8.57. The number of rotatable bonds is 8. The summed E-state index contributed by atoms with van der Waals surface area (Å²) >= 11 is 1.40. The van der Waals surface area contributed by atoms with Gasteiger partial charge in [-0.25, -0.2) is 0 Å². The molecule has 0 unspecified atom stereocenters. The fourth-order valence-electron chi connectivity index (χ4n) is 2.08. The summed E-state index contributed by atoms with van der Waals surface area (Å²) in [6.07, 6.45) is 1.00. The second-order valence-corrected chi connectivity index (χ2v) is 5.92. The van der Waals surface area contributed by atoms with E-state index in [-0.39, 0.29) is 5.91 Å². The van der Waals surface area contributed by atoms with Crippen LogP contribution in [0.25, 0.3) is 0 Å². The molecular weight excluding hydrogens is 312 g/mol. The van der Waals surface area contributed by atoms with Gasteiger partial charge in [-0.2, -0.15) is 0 Å². The SMILES string of the molecule is CCCn1c(C)nnc1SCC(=O)Nc1ccc(OCC)cc1. The number of carbonyl (C=O) groups is 1. The van der Waals surface area contributed by atoms with Crippen molar-refractivity contribution in [3.8, 4) is 5.75 Å². The number of nitrogens with one attached hydrogen (secondary N) is 1. The second-order valence-electron chi connectivity index (χ2n) is 4.98. The highest BCUT2D eigenvalue weighted by molar-refractivity contribution is 7.99. The Labute approximate surface area is 140 Å². The molecule has 1 N–H and O–H groups in total. The summed E-state index contributed by atoms with van der Waals surface area (Å²) in [5.41, 5.74) is 0.755. The summed E-state index contributed by atoms with van der Waals surface area (Å²) in [5, 5.41) is 11.8. The quantitative estimate of drug-likeness (QED) is 0.751. The van der Waals surface area contributed by atoms with Crippen molar-refractivity contribution in [3.63, 3.8) is 0 Å². The molecule has 0 aliphatic heterocycles. The molecule has 124 valence electrons. The van der Waals surface area contributed by atoms with E-state index in [9.17, 15) is 4.79 Å². The zero-order valence-corrected chi connectivity index (χ0v) is 14.5. The number of nitrogens with zero attached hydrogens (tertiary/aromatic N) is 3. The third-order valence-electron chi connectivity index (χ3n) is 3.13. The van der Waals surface area contributed by atoms with Crippen molar-refractivity contribution < 1.29 is 9.53 Å². The Hall–Kier alpha value is -2.02. The first-order valence-electron chi connectivity index (χ1n) is 7.69. The van der Waals surface area contributed by atoms with Crippen molar-refractivity contribution >= 4 is 23.4 Å². The van der Waals surface area contributed by atoms with Crippen LogP contribution < -0.4 is 10.1 Å². The first kappa shape index (κ1) is 17.3. The molecule has 1 heterocycles. The van der Waals surface area contributed by atoms with E-state index in [4.69, 9.17) is 4.74 Å². The Morgan fingerprint density at radius 1 is 1.26 bits per heavy atom. The first-order valence-corrected chi connectivity index (χ1v) is 8.68. The molecule has 1 aromatic heterocycles. The number of ether oxygens (including phenoxy) is 1. The number of thioether (sulfide) groups is 1. The van der Waals surface area contributed by atoms with Crippen LogP contribution in [0, 0.1) is 6.92 Å². The molecule has 7 heteroatoms. The van der Waals surface area contributed by atoms with Crippen molar-refractivity contribution in [3.05, 3.63) is 30.1 Å². The van der Waals surface area contributed by atoms with Gasteiger partial charge in [-0.1, -0.05) is 18.7 Å². The maximum Gasteiger partial charge on any atom is 0.234 e. The highest BCUT2D eigenvalue weighted by Crippen LogP contribution is 2.19. The molecule has 1 amide bonds. The monoisotopic (exact) mass is 334 g/mol. The average Bonchev–Trinajstić information content (AvgIpc) is 2.89. The Balaban J connectivity index is 1.87. The van der Waals surface area contributed by atoms with Crippen LogP contribution in [-0.4, -0.2) is 33.0 Å². The van der Waals surface area contributed by atoms with E-state index in [1.807, 2.05) is 42.7 Å². The van der Waals surface area contributed by atoms with Gasteiger partial charge >= 0.3 is 0 Å². The number of hydrogen-bond acceptors (Lipinski definition) is 5. The molecule has 0 bridgehead atoms. The summed E-state index contributed by atoms with van der Waals surface area (Å²) in [6.45, 7) is 7.45. The van der Waals surface area contributed by atoms with Crippen molar-refractivity contribution in [2.75, 3.05) is 17.7 Å². The molecule has 0 aliphatic rings. The largest absolute Gasteiger partial charge is 0.494 e. The molecule has 2 rings (SSSR count). The summed E-state index contributed by atoms with van der Waals surface area (Å²) in [4.78, 5) is 12.1. The minimum absolute atomic E-state index is 0.0668. The van der Waals surface area contributed by atoms with Crippen LogP contribution >= 0.6 is 11.8 Å². The number of amides is 1. The van der Waals surface area contributed by atoms with Crippen molar-refractivity contribution in [1.29, 1.82) is 0 Å². The van der Waals surface area contributed by atoms with E-state index < -0.39 is 0 Å². The van der Waals surface area contributed by atoms with Gasteiger partial charge in [0.25, 0.3) is 0 Å². The van der Waals surface area contributed by atoms with E-state index in [0.717, 1.165) is 35.4 Å². The predicted octanol–water partition coefficient (Wildman–Crippen LogP) is 3.13. The minimum atomic E-state index is -0.0668. The molecule has 1 aromatic carbocycles. The van der Waals surface area contributed by atoms with Crippen molar-refractivity contribution in [2.24, 2.45) is 0 Å². The smallest absolute Gasteiger partial charge is 0.234 e. The summed E-state index contributed by atoms with van der Waals surface area (Å²) < 4.78 is 7.41. The number of aryl methyl sites for hydroxylation is 1. The molecule has 0 atom stereocenters. The molecule has 0 saturated heterocycles. The lowest BCUT2D eigenvalue weighted by atomic mass is 10.3. The third kappa shape index (κ3) is 4.99. The van der Waals surface area contributed by atoms with Crippen LogP contribution in [0.2, 0.25) is 0 Å². The number of anilines is 1. The van der Waals surface area contributed by atoms with Crippen LogP contribution in [0.3, 0.4) is 0 Å². The molecule has 0 spiro atoms. The van der Waals surface area contributed by atoms with Crippen molar-refractivity contribution in [1.82, 2.24) is 14.8 Å². The van der Waals surface area contributed by atoms with Gasteiger partial charge in [0.2, 0.25) is 5.91 Å². The predicted molar refractivity (Wildman–Crippen MR) is 92.0 cm³/mol. The van der Waals surface area contributed by atoms with Crippen LogP contribution in [0.1, 0.15) is 26.1 Å². The van der Waals surface area contributed by atoms with Gasteiger partial charge in [-0.3, -0.25) is 4.79 Å². The molecule has 0 aliphatic carbocycles. The maximum atomic E-state index is 12.1. The van der Waals surface area contributed by atoms with E-state index in [1.165, 1.54) is 11.8 Å². The van der Waals surface area contributed by atoms with Gasteiger partial charge in [0, 0.05) is 12.2 Å². The van der Waals surface area contributed by atoms with Crippen LogP contribution in [0.4, 0.5) is 5.69 Å². The first-order chi connectivity index (χ1) is 11.1. The van der Waals surface area contributed by atoms with Crippen LogP contribution in [0.5, 0.6) is 5.75 Å². The number of benzene rings is 1. The van der Waals surface area contributed by atoms with E-state index in [1.54, 1.807) is 0 Å². The van der Waals surface area contributed by atoms with E-state index in [0.29, 0.717) is 12.4 Å². The molecule has 2 aromatic rings. The van der Waals surface area contributed by atoms with Crippen LogP contribution in [-0.2, 0) is 11.3 Å². The molecule has 6 nitrogen and oxygen atoms in total. The lowest BCUT2D eigenvalue weighted by Crippen LogP contribution is -2.14. The zero-order chi connectivity index (χ0) is 16.7. The Morgan fingerprint density at radius 3 is 2.65 bits per heavy atom. The standard InChI is InChI=1S/C16H22N4O2S/c1-4-10-20-12(3)18-19-16(20)23-11-15(21)17-13-6-8-14(9-7-13)22-5-2/h6-9H,4-5,10-11H2,1-3H3,(H,17,21). The number of hydrogen-bond donors (Lipinski definition) is 1. The Kier molecular flexibility index (Phi) is 6.46. The van der Waals surface area contributed by atoms with Gasteiger partial charge < -0.3 is 14.6 Å². The fraction of sp³-hybridized carbons (Fsp3) is 0.438. The van der Waals surface area contributed by atoms with Crippen LogP contribution in [0.15, 0.2) is 29.4 Å². The summed E-state index contributed by atoms with van der Waals surface area (Å²) in [7, 11) is 0. The Morgan fingerprint density at radius 2 is 2.00 bits per heavy atom. The average molecular weight is 334 g/mol. The summed E-state index contributed by atoms with van der Waals surface area (Å²) in [5.74, 6) is 1.90. The zero-order valence-electron chi connectivity index (χ0n) is 13.7. The molecule has 23 heavy (non-hydrogen) atoms. The molecule has 0 saturated carbocycles. The highest BCUT2D eigenvalue weighted by atomic mass is 32.2. The maximum absolute atomic E-state index is 12.1. The highest BCUT2D eigenvalue weighted by Gasteiger charge is 2.11. The molecular formula is C16H22N4O2S. The van der Waals surface area contributed by atoms with Gasteiger partial charge in [0.1, 0.15) is 11.6 Å². The van der Waals surface area contributed by atoms with Gasteiger partial charge in [-0.05, 0) is 44.5 Å². The topological polar surface area (TPSA) is 69.0 Å². The normalized spacial score (nSPS) is 10.6. The minimum Gasteiger partial charge on any atom is -0.494 e. The van der Waals surface area contributed by atoms with Gasteiger partial charge in [-0.15, -0.1) is 10.2 Å². The fourth-order valence-corrected chi connectivity index (χ4v) is 2.89. The third-order valence-corrected chi connectivity index (χ3v) is 4.10. The van der Waals surface area contributed by atoms with Gasteiger partial charge in [0.05, 0.1) is 12.4 Å². The molecule has 0 fully saturated rings. The number of carbonyl (C=O) groups excluding carboxylic acids is 1. The van der Waals surface area contributed by atoms with E-state index >= 15 is 0 Å². The van der Waals surface area contributed by atoms with E-state index in [2.05, 4.69) is 22.4 Å². The Bertz CT molecular complexity index is 640. The number of aromatic nitrogens is 3. The lowest BCUT2D eigenvalue weighted by molar-refractivity contribution is -0.113. The summed E-state index contributed by atoms with van der Waals surface area (Å²) in [6, 6.07) is 7.34. The molecule has 0 radical (unpaired) electrons. The van der Waals surface area contributed by atoms with Crippen molar-refractivity contribution in [2.45, 2.75) is 38.9 Å².